The molecule has 1 rings (SSSR count). The quantitative estimate of drug-likeness (QED) is 0.656. The van der Waals surface area contributed by atoms with Crippen LogP contribution in [0.5, 0.6) is 5.75 Å². The van der Waals surface area contributed by atoms with Crippen molar-refractivity contribution in [1.82, 2.24) is 0 Å². The number of phenols is 1. The molecule has 0 saturated carbocycles. The van der Waals surface area contributed by atoms with E-state index in [1.165, 1.54) is 12.1 Å². The summed E-state index contributed by atoms with van der Waals surface area (Å²) in [4.78, 5) is 10.6. The maximum absolute atomic E-state index is 10.6. The SMILES string of the molecule is Cc1ccc(C(=O)Cl)c(O)c1. The molecule has 0 radical (unpaired) electrons. The Morgan fingerprint density at radius 3 is 2.64 bits per heavy atom. The Hall–Kier alpha value is -1.02. The molecule has 0 aromatic heterocycles. The van der Waals surface area contributed by atoms with Crippen molar-refractivity contribution in [3.63, 3.8) is 0 Å². The van der Waals surface area contributed by atoms with Gasteiger partial charge in [-0.25, -0.2) is 0 Å². The van der Waals surface area contributed by atoms with E-state index in [0.717, 1.165) is 5.56 Å². The molecule has 0 aliphatic heterocycles. The summed E-state index contributed by atoms with van der Waals surface area (Å²) in [6.07, 6.45) is 0. The first-order valence-electron chi connectivity index (χ1n) is 3.10. The molecule has 0 unspecified atom stereocenters. The number of rotatable bonds is 1. The molecule has 1 N–H and O–H groups in total. The summed E-state index contributed by atoms with van der Waals surface area (Å²) in [5, 5.41) is 8.52. The minimum atomic E-state index is -0.637. The van der Waals surface area contributed by atoms with Crippen LogP contribution in [0.25, 0.3) is 0 Å². The Balaban J connectivity index is 3.20. The van der Waals surface area contributed by atoms with Gasteiger partial charge in [0.05, 0.1) is 5.56 Å². The average Bonchev–Trinajstić information content (AvgIpc) is 1.85. The van der Waals surface area contributed by atoms with E-state index in [2.05, 4.69) is 0 Å². The standard InChI is InChI=1S/C8H7ClO2/c1-5-2-3-6(8(9)11)7(10)4-5/h2-4,10H,1H3. The average molecular weight is 171 g/mol. The van der Waals surface area contributed by atoms with Gasteiger partial charge < -0.3 is 5.11 Å². The number of carbonyl (C=O) groups is 1. The van der Waals surface area contributed by atoms with E-state index < -0.39 is 5.24 Å². The van der Waals surface area contributed by atoms with E-state index in [9.17, 15) is 4.79 Å². The minimum absolute atomic E-state index is 0.0648. The third-order valence-corrected chi connectivity index (χ3v) is 1.57. The van der Waals surface area contributed by atoms with E-state index >= 15 is 0 Å². The fourth-order valence-electron chi connectivity index (χ4n) is 0.808. The summed E-state index contributed by atoms with van der Waals surface area (Å²) in [6, 6.07) is 4.71. The number of phenolic OH excluding ortho intramolecular Hbond substituents is 1. The predicted octanol–water partition coefficient (Wildman–Crippen LogP) is 2.08. The van der Waals surface area contributed by atoms with E-state index in [-0.39, 0.29) is 11.3 Å². The monoisotopic (exact) mass is 170 g/mol. The van der Waals surface area contributed by atoms with E-state index in [1.54, 1.807) is 6.07 Å². The highest BCUT2D eigenvalue weighted by Gasteiger charge is 2.06. The Morgan fingerprint density at radius 1 is 1.55 bits per heavy atom. The molecule has 0 fully saturated rings. The van der Waals surface area contributed by atoms with Crippen LogP contribution in [0, 0.1) is 6.92 Å². The largest absolute Gasteiger partial charge is 0.507 e. The van der Waals surface area contributed by atoms with E-state index in [0.29, 0.717) is 0 Å². The number of hydrogen-bond donors (Lipinski definition) is 1. The highest BCUT2D eigenvalue weighted by molar-refractivity contribution is 6.68. The van der Waals surface area contributed by atoms with Gasteiger partial charge in [-0.05, 0) is 36.2 Å². The van der Waals surface area contributed by atoms with Crippen LogP contribution in [-0.4, -0.2) is 10.3 Å². The van der Waals surface area contributed by atoms with Crippen LogP contribution in [0.2, 0.25) is 0 Å². The molecule has 58 valence electrons. The van der Waals surface area contributed by atoms with Crippen LogP contribution in [-0.2, 0) is 0 Å². The van der Waals surface area contributed by atoms with Crippen molar-refractivity contribution < 1.29 is 9.90 Å². The molecule has 11 heavy (non-hydrogen) atoms. The Morgan fingerprint density at radius 2 is 2.18 bits per heavy atom. The molecule has 3 heteroatoms. The fraction of sp³-hybridized carbons (Fsp3) is 0.125. The molecule has 1 aromatic carbocycles. The van der Waals surface area contributed by atoms with Gasteiger partial charge in [0.1, 0.15) is 5.75 Å². The molecule has 0 aliphatic carbocycles. The van der Waals surface area contributed by atoms with Gasteiger partial charge in [0.2, 0.25) is 0 Å². The van der Waals surface area contributed by atoms with E-state index in [1.807, 2.05) is 6.92 Å². The Kier molecular flexibility index (Phi) is 2.15. The lowest BCUT2D eigenvalue weighted by atomic mass is 10.1. The molecule has 0 heterocycles. The Bertz CT molecular complexity index is 294. The lowest BCUT2D eigenvalue weighted by Gasteiger charge is -1.98. The summed E-state index contributed by atoms with van der Waals surface area (Å²) in [5.41, 5.74) is 1.04. The zero-order valence-electron chi connectivity index (χ0n) is 5.97. The van der Waals surface area contributed by atoms with Crippen LogP contribution < -0.4 is 0 Å². The zero-order chi connectivity index (χ0) is 8.43. The molecule has 0 amide bonds. The predicted molar refractivity (Wildman–Crippen MR) is 43.0 cm³/mol. The van der Waals surface area contributed by atoms with Crippen LogP contribution >= 0.6 is 11.6 Å². The van der Waals surface area contributed by atoms with Gasteiger partial charge >= 0.3 is 0 Å². The van der Waals surface area contributed by atoms with Crippen LogP contribution in [0.3, 0.4) is 0 Å². The van der Waals surface area contributed by atoms with Crippen molar-refractivity contribution in [2.24, 2.45) is 0 Å². The lowest BCUT2D eigenvalue weighted by Crippen LogP contribution is -1.89. The first-order valence-corrected chi connectivity index (χ1v) is 3.48. The number of carbonyl (C=O) groups excluding carboxylic acids is 1. The second-order valence-corrected chi connectivity index (χ2v) is 2.64. The molecule has 0 atom stereocenters. The molecule has 0 saturated heterocycles. The summed E-state index contributed by atoms with van der Waals surface area (Å²) >= 11 is 5.16. The van der Waals surface area contributed by atoms with Gasteiger partial charge in [-0.1, -0.05) is 6.07 Å². The molecular weight excluding hydrogens is 164 g/mol. The second-order valence-electron chi connectivity index (χ2n) is 2.29. The Labute approximate surface area is 69.4 Å². The molecular formula is C8H7ClO2. The van der Waals surface area contributed by atoms with Crippen molar-refractivity contribution in [2.75, 3.05) is 0 Å². The summed E-state index contributed by atoms with van der Waals surface area (Å²) in [7, 11) is 0. The van der Waals surface area contributed by atoms with Gasteiger partial charge in [-0.3, -0.25) is 4.79 Å². The van der Waals surface area contributed by atoms with Gasteiger partial charge in [0, 0.05) is 0 Å². The summed E-state index contributed by atoms with van der Waals surface area (Å²) in [6.45, 7) is 1.82. The van der Waals surface area contributed by atoms with Crippen molar-refractivity contribution in [3.8, 4) is 5.75 Å². The second kappa shape index (κ2) is 2.93. The van der Waals surface area contributed by atoms with Gasteiger partial charge in [0.25, 0.3) is 5.24 Å². The number of aryl methyl sites for hydroxylation is 1. The highest BCUT2D eigenvalue weighted by atomic mass is 35.5. The highest BCUT2D eigenvalue weighted by Crippen LogP contribution is 2.19. The first-order chi connectivity index (χ1) is 5.11. The van der Waals surface area contributed by atoms with Crippen molar-refractivity contribution in [2.45, 2.75) is 6.92 Å². The lowest BCUT2D eigenvalue weighted by molar-refractivity contribution is 0.107. The van der Waals surface area contributed by atoms with Crippen LogP contribution in [0.1, 0.15) is 15.9 Å². The molecule has 2 nitrogen and oxygen atoms in total. The van der Waals surface area contributed by atoms with Crippen molar-refractivity contribution in [1.29, 1.82) is 0 Å². The molecule has 0 aliphatic rings. The third kappa shape index (κ3) is 1.71. The number of hydrogen-bond acceptors (Lipinski definition) is 2. The van der Waals surface area contributed by atoms with Gasteiger partial charge in [-0.2, -0.15) is 0 Å². The van der Waals surface area contributed by atoms with E-state index in [4.69, 9.17) is 16.7 Å². The fourth-order valence-corrected chi connectivity index (χ4v) is 0.968. The zero-order valence-corrected chi connectivity index (χ0v) is 6.72. The number of halogens is 1. The molecule has 0 bridgehead atoms. The van der Waals surface area contributed by atoms with Crippen LogP contribution in [0.15, 0.2) is 18.2 Å². The number of benzene rings is 1. The van der Waals surface area contributed by atoms with Crippen molar-refractivity contribution in [3.05, 3.63) is 29.3 Å². The normalized spacial score (nSPS) is 9.64. The minimum Gasteiger partial charge on any atom is -0.507 e. The van der Waals surface area contributed by atoms with Gasteiger partial charge in [0.15, 0.2) is 0 Å². The maximum Gasteiger partial charge on any atom is 0.256 e. The topological polar surface area (TPSA) is 37.3 Å². The van der Waals surface area contributed by atoms with Crippen molar-refractivity contribution >= 4 is 16.8 Å². The van der Waals surface area contributed by atoms with Crippen LogP contribution in [0.4, 0.5) is 0 Å². The molecule has 0 spiro atoms. The number of aromatic hydroxyl groups is 1. The summed E-state index contributed by atoms with van der Waals surface area (Å²) < 4.78 is 0. The third-order valence-electron chi connectivity index (χ3n) is 1.36. The maximum atomic E-state index is 10.6. The molecule has 1 aromatic rings. The first kappa shape index (κ1) is 8.08. The smallest absolute Gasteiger partial charge is 0.256 e. The van der Waals surface area contributed by atoms with Gasteiger partial charge in [-0.15, -0.1) is 0 Å². The summed E-state index contributed by atoms with van der Waals surface area (Å²) in [5.74, 6) is -0.0648.